The van der Waals surface area contributed by atoms with Crippen LogP contribution in [0.4, 0.5) is 0 Å². The molecule has 1 atom stereocenters. The lowest BCUT2D eigenvalue weighted by Crippen LogP contribution is -2.34. The molecule has 3 aromatic rings. The number of fused-ring (bicyclic) bond motifs is 1. The Kier molecular flexibility index (Phi) is 4.10. The maximum Gasteiger partial charge on any atom is 0.287 e. The number of hydrogen-bond donors (Lipinski definition) is 1. The summed E-state index contributed by atoms with van der Waals surface area (Å²) in [6.45, 7) is 5.85. The minimum Gasteiger partial charge on any atom is -0.451 e. The highest BCUT2D eigenvalue weighted by Crippen LogP contribution is 2.26. The van der Waals surface area contributed by atoms with E-state index in [1.165, 1.54) is 0 Å². The average Bonchev–Trinajstić information content (AvgIpc) is 2.84. The fourth-order valence-electron chi connectivity index (χ4n) is 2.64. The monoisotopic (exact) mass is 309 g/mol. The molecule has 5 heteroatoms. The van der Waals surface area contributed by atoms with E-state index in [4.69, 9.17) is 4.42 Å². The average molecular weight is 309 g/mol. The maximum absolute atomic E-state index is 12.5. The number of carbonyl (C=O) groups excluding carboxylic acids is 1. The molecule has 5 nitrogen and oxygen atoms in total. The fourth-order valence-corrected chi connectivity index (χ4v) is 2.64. The van der Waals surface area contributed by atoms with Crippen molar-refractivity contribution >= 4 is 16.9 Å². The van der Waals surface area contributed by atoms with Gasteiger partial charge in [-0.05, 0) is 32.4 Å². The number of aryl methyl sites for hydroxylation is 2. The summed E-state index contributed by atoms with van der Waals surface area (Å²) in [5, 5.41) is 3.93. The second-order valence-electron chi connectivity index (χ2n) is 5.83. The lowest BCUT2D eigenvalue weighted by atomic mass is 10.1. The Bertz CT molecular complexity index is 840. The predicted octanol–water partition coefficient (Wildman–Crippen LogP) is 3.20. The van der Waals surface area contributed by atoms with Crippen LogP contribution in [0.15, 0.2) is 41.2 Å². The van der Waals surface area contributed by atoms with Crippen molar-refractivity contribution in [2.24, 2.45) is 0 Å². The van der Waals surface area contributed by atoms with Gasteiger partial charge in [0.05, 0.1) is 5.69 Å². The molecule has 118 valence electrons. The van der Waals surface area contributed by atoms with Crippen LogP contribution in [0.2, 0.25) is 0 Å². The summed E-state index contributed by atoms with van der Waals surface area (Å²) in [4.78, 5) is 20.7. The van der Waals surface area contributed by atoms with E-state index < -0.39 is 0 Å². The number of rotatable bonds is 4. The summed E-state index contributed by atoms with van der Waals surface area (Å²) in [7, 11) is 0. The lowest BCUT2D eigenvalue weighted by Gasteiger charge is -2.12. The number of nitrogens with one attached hydrogen (secondary N) is 1. The molecule has 1 unspecified atom stereocenters. The second-order valence-corrected chi connectivity index (χ2v) is 5.83. The molecule has 0 fully saturated rings. The molecule has 0 bridgehead atoms. The summed E-state index contributed by atoms with van der Waals surface area (Å²) < 4.78 is 5.75. The van der Waals surface area contributed by atoms with Crippen molar-refractivity contribution in [3.05, 3.63) is 59.4 Å². The van der Waals surface area contributed by atoms with Crippen LogP contribution in [-0.4, -0.2) is 21.9 Å². The first-order chi connectivity index (χ1) is 11.0. The quantitative estimate of drug-likeness (QED) is 0.803. The number of aromatic nitrogens is 2. The minimum atomic E-state index is -0.201. The SMILES string of the molecule is Cc1ccc2c(C)c(C(=O)NC(C)Cc3cnccn3)oc2c1. The number of benzene rings is 1. The molecule has 1 amide bonds. The number of furan rings is 1. The number of amides is 1. The van der Waals surface area contributed by atoms with Crippen molar-refractivity contribution in [2.45, 2.75) is 33.2 Å². The molecular formula is C18H19N3O2. The molecule has 0 saturated heterocycles. The van der Waals surface area contributed by atoms with E-state index in [1.807, 2.05) is 39.0 Å². The molecule has 0 spiro atoms. The molecule has 0 aliphatic carbocycles. The second kappa shape index (κ2) is 6.20. The number of nitrogens with zero attached hydrogens (tertiary/aromatic N) is 2. The Morgan fingerprint density at radius 2 is 2.13 bits per heavy atom. The topological polar surface area (TPSA) is 68.0 Å². The zero-order chi connectivity index (χ0) is 16.4. The van der Waals surface area contributed by atoms with E-state index in [0.29, 0.717) is 12.2 Å². The highest BCUT2D eigenvalue weighted by molar-refractivity contribution is 5.99. The van der Waals surface area contributed by atoms with Crippen LogP contribution in [0.5, 0.6) is 0 Å². The van der Waals surface area contributed by atoms with E-state index in [0.717, 1.165) is 27.8 Å². The number of hydrogen-bond acceptors (Lipinski definition) is 4. The molecule has 0 radical (unpaired) electrons. The van der Waals surface area contributed by atoms with E-state index in [2.05, 4.69) is 15.3 Å². The Labute approximate surface area is 134 Å². The third kappa shape index (κ3) is 3.23. The van der Waals surface area contributed by atoms with Crippen molar-refractivity contribution in [2.75, 3.05) is 0 Å². The van der Waals surface area contributed by atoms with Crippen LogP contribution >= 0.6 is 0 Å². The van der Waals surface area contributed by atoms with E-state index in [1.54, 1.807) is 18.6 Å². The zero-order valence-corrected chi connectivity index (χ0v) is 13.5. The Morgan fingerprint density at radius 1 is 1.30 bits per heavy atom. The molecule has 1 N–H and O–H groups in total. The molecular weight excluding hydrogens is 290 g/mol. The number of carbonyl (C=O) groups is 1. The van der Waals surface area contributed by atoms with Gasteiger partial charge in [-0.2, -0.15) is 0 Å². The van der Waals surface area contributed by atoms with Gasteiger partial charge in [-0.25, -0.2) is 0 Å². The van der Waals surface area contributed by atoms with Gasteiger partial charge in [0.25, 0.3) is 5.91 Å². The van der Waals surface area contributed by atoms with E-state index in [9.17, 15) is 4.79 Å². The van der Waals surface area contributed by atoms with Gasteiger partial charge in [0.15, 0.2) is 5.76 Å². The normalized spacial score (nSPS) is 12.3. The van der Waals surface area contributed by atoms with Crippen molar-refractivity contribution in [1.29, 1.82) is 0 Å². The first kappa shape index (κ1) is 15.2. The summed E-state index contributed by atoms with van der Waals surface area (Å²) in [5.41, 5.74) is 3.56. The molecule has 0 aliphatic rings. The van der Waals surface area contributed by atoms with Gasteiger partial charge in [-0.1, -0.05) is 12.1 Å². The van der Waals surface area contributed by atoms with Gasteiger partial charge in [-0.3, -0.25) is 14.8 Å². The Balaban J connectivity index is 1.76. The van der Waals surface area contributed by atoms with Gasteiger partial charge in [-0.15, -0.1) is 0 Å². The molecule has 23 heavy (non-hydrogen) atoms. The highest BCUT2D eigenvalue weighted by Gasteiger charge is 2.19. The molecule has 0 aliphatic heterocycles. The first-order valence-electron chi connectivity index (χ1n) is 7.60. The van der Waals surface area contributed by atoms with Crippen LogP contribution in [-0.2, 0) is 6.42 Å². The van der Waals surface area contributed by atoms with E-state index >= 15 is 0 Å². The van der Waals surface area contributed by atoms with Gasteiger partial charge >= 0.3 is 0 Å². The summed E-state index contributed by atoms with van der Waals surface area (Å²) in [5.74, 6) is 0.171. The van der Waals surface area contributed by atoms with E-state index in [-0.39, 0.29) is 11.9 Å². The smallest absolute Gasteiger partial charge is 0.287 e. The van der Waals surface area contributed by atoms with Crippen LogP contribution in [0.25, 0.3) is 11.0 Å². The zero-order valence-electron chi connectivity index (χ0n) is 13.5. The fraction of sp³-hybridized carbons (Fsp3) is 0.278. The van der Waals surface area contributed by atoms with Gasteiger partial charge in [0.1, 0.15) is 5.58 Å². The van der Waals surface area contributed by atoms with Crippen molar-refractivity contribution < 1.29 is 9.21 Å². The van der Waals surface area contributed by atoms with Gasteiger partial charge in [0, 0.05) is 42.0 Å². The van der Waals surface area contributed by atoms with Crippen LogP contribution in [0, 0.1) is 13.8 Å². The summed E-state index contributed by atoms with van der Waals surface area (Å²) in [6, 6.07) is 5.89. The Morgan fingerprint density at radius 3 is 2.87 bits per heavy atom. The standard InChI is InChI=1S/C18H19N3O2/c1-11-4-5-15-13(3)17(23-16(15)8-11)18(22)21-12(2)9-14-10-19-6-7-20-14/h4-8,10,12H,9H2,1-3H3,(H,21,22). The largest absolute Gasteiger partial charge is 0.451 e. The Hall–Kier alpha value is -2.69. The third-order valence-electron chi connectivity index (χ3n) is 3.81. The molecule has 2 aromatic heterocycles. The van der Waals surface area contributed by atoms with Crippen molar-refractivity contribution in [3.63, 3.8) is 0 Å². The summed E-state index contributed by atoms with van der Waals surface area (Å²) >= 11 is 0. The molecule has 0 saturated carbocycles. The minimum absolute atomic E-state index is 0.0615. The lowest BCUT2D eigenvalue weighted by molar-refractivity contribution is 0.0913. The van der Waals surface area contributed by atoms with Gasteiger partial charge < -0.3 is 9.73 Å². The van der Waals surface area contributed by atoms with Crippen LogP contribution < -0.4 is 5.32 Å². The molecule has 2 heterocycles. The van der Waals surface area contributed by atoms with Crippen molar-refractivity contribution in [1.82, 2.24) is 15.3 Å². The third-order valence-corrected chi connectivity index (χ3v) is 3.81. The van der Waals surface area contributed by atoms with Crippen LogP contribution in [0.3, 0.4) is 0 Å². The first-order valence-corrected chi connectivity index (χ1v) is 7.60. The van der Waals surface area contributed by atoms with Crippen molar-refractivity contribution in [3.8, 4) is 0 Å². The molecule has 1 aromatic carbocycles. The van der Waals surface area contributed by atoms with Crippen LogP contribution in [0.1, 0.15) is 34.3 Å². The van der Waals surface area contributed by atoms with Gasteiger partial charge in [0.2, 0.25) is 0 Å². The summed E-state index contributed by atoms with van der Waals surface area (Å²) in [6.07, 6.45) is 5.61. The maximum atomic E-state index is 12.5. The highest BCUT2D eigenvalue weighted by atomic mass is 16.3. The molecule has 3 rings (SSSR count). The predicted molar refractivity (Wildman–Crippen MR) is 88.4 cm³/mol.